The Bertz CT molecular complexity index is 405. The number of amides is 1. The molecule has 2 rings (SSSR count). The molecule has 4 heteroatoms. The fraction of sp³-hybridized carbons (Fsp3) is 0.500. The molecule has 1 unspecified atom stereocenters. The van der Waals surface area contributed by atoms with E-state index in [2.05, 4.69) is 5.32 Å². The Hall–Kier alpha value is -1.42. The van der Waals surface area contributed by atoms with Gasteiger partial charge in [-0.15, -0.1) is 0 Å². The molecule has 1 aromatic carbocycles. The molecular weight excluding hydrogens is 231 g/mol. The summed E-state index contributed by atoms with van der Waals surface area (Å²) in [5.41, 5.74) is 1.95. The number of nitrogens with zero attached hydrogens (tertiary/aromatic N) is 1. The van der Waals surface area contributed by atoms with E-state index in [1.54, 1.807) is 0 Å². The number of carbonyl (C=O) groups is 1. The number of hydrogen-bond donors (Lipinski definition) is 1. The molecular formula is C14H19FN2O. The van der Waals surface area contributed by atoms with E-state index in [1.165, 1.54) is 0 Å². The highest BCUT2D eigenvalue weighted by Gasteiger charge is 2.20. The maximum absolute atomic E-state index is 13.2. The predicted octanol–water partition coefficient (Wildman–Crippen LogP) is 2.37. The van der Waals surface area contributed by atoms with Gasteiger partial charge in [-0.3, -0.25) is 9.69 Å². The minimum absolute atomic E-state index is 0.0760. The van der Waals surface area contributed by atoms with Crippen LogP contribution in [0.5, 0.6) is 0 Å². The molecule has 0 aromatic heterocycles. The number of hydrogen-bond acceptors (Lipinski definition) is 2. The van der Waals surface area contributed by atoms with Crippen LogP contribution >= 0.6 is 0 Å². The summed E-state index contributed by atoms with van der Waals surface area (Å²) >= 11 is 0. The fourth-order valence-electron chi connectivity index (χ4n) is 2.18. The predicted molar refractivity (Wildman–Crippen MR) is 70.4 cm³/mol. The molecule has 1 aliphatic rings. The quantitative estimate of drug-likeness (QED) is 0.893. The van der Waals surface area contributed by atoms with Gasteiger partial charge in [-0.2, -0.15) is 0 Å². The van der Waals surface area contributed by atoms with Crippen molar-refractivity contribution in [2.75, 3.05) is 25.0 Å². The zero-order valence-electron chi connectivity index (χ0n) is 10.7. The van der Waals surface area contributed by atoms with Gasteiger partial charge in [-0.05, 0) is 38.4 Å². The lowest BCUT2D eigenvalue weighted by Crippen LogP contribution is -2.41. The second-order valence-corrected chi connectivity index (χ2v) is 4.89. The van der Waals surface area contributed by atoms with Gasteiger partial charge in [0.15, 0.2) is 0 Å². The van der Waals surface area contributed by atoms with Gasteiger partial charge in [0.1, 0.15) is 6.17 Å². The van der Waals surface area contributed by atoms with E-state index in [9.17, 15) is 9.18 Å². The first-order valence-corrected chi connectivity index (χ1v) is 6.36. The summed E-state index contributed by atoms with van der Waals surface area (Å²) in [7, 11) is 0. The monoisotopic (exact) mass is 250 g/mol. The highest BCUT2D eigenvalue weighted by Crippen LogP contribution is 2.13. The molecule has 0 aliphatic carbocycles. The Kier molecular flexibility index (Phi) is 4.31. The largest absolute Gasteiger partial charge is 0.325 e. The number of aryl methyl sites for hydroxylation is 1. The number of benzene rings is 1. The van der Waals surface area contributed by atoms with Crippen LogP contribution in [0.1, 0.15) is 18.4 Å². The van der Waals surface area contributed by atoms with Crippen LogP contribution in [-0.4, -0.2) is 36.6 Å². The van der Waals surface area contributed by atoms with Crippen molar-refractivity contribution in [3.05, 3.63) is 29.8 Å². The van der Waals surface area contributed by atoms with E-state index < -0.39 is 6.17 Å². The molecule has 0 saturated carbocycles. The van der Waals surface area contributed by atoms with Crippen LogP contribution in [-0.2, 0) is 4.79 Å². The van der Waals surface area contributed by atoms with E-state index >= 15 is 0 Å². The van der Waals surface area contributed by atoms with Gasteiger partial charge in [-0.1, -0.05) is 17.7 Å². The Morgan fingerprint density at radius 1 is 1.44 bits per heavy atom. The summed E-state index contributed by atoms with van der Waals surface area (Å²) in [6, 6.07) is 7.66. The number of anilines is 1. The second kappa shape index (κ2) is 5.96. The molecule has 1 heterocycles. The molecule has 1 aromatic rings. The standard InChI is InChI=1S/C14H19FN2O/c1-11-4-6-13(7-5-11)16-14(18)10-17-8-2-3-12(15)9-17/h4-7,12H,2-3,8-10H2,1H3,(H,16,18). The van der Waals surface area contributed by atoms with Crippen molar-refractivity contribution in [3.63, 3.8) is 0 Å². The number of alkyl halides is 1. The van der Waals surface area contributed by atoms with Gasteiger partial charge in [0.2, 0.25) is 5.91 Å². The Morgan fingerprint density at radius 2 is 2.17 bits per heavy atom. The normalized spacial score (nSPS) is 20.7. The smallest absolute Gasteiger partial charge is 0.238 e. The lowest BCUT2D eigenvalue weighted by atomic mass is 10.1. The molecule has 1 saturated heterocycles. The highest BCUT2D eigenvalue weighted by molar-refractivity contribution is 5.92. The molecule has 0 spiro atoms. The van der Waals surface area contributed by atoms with E-state index in [4.69, 9.17) is 0 Å². The second-order valence-electron chi connectivity index (χ2n) is 4.89. The van der Waals surface area contributed by atoms with Gasteiger partial charge in [0.25, 0.3) is 0 Å². The topological polar surface area (TPSA) is 32.3 Å². The van der Waals surface area contributed by atoms with Crippen molar-refractivity contribution in [1.82, 2.24) is 4.90 Å². The van der Waals surface area contributed by atoms with Crippen molar-refractivity contribution < 1.29 is 9.18 Å². The summed E-state index contributed by atoms with van der Waals surface area (Å²) in [6.07, 6.45) is 0.667. The van der Waals surface area contributed by atoms with Crippen LogP contribution in [0, 0.1) is 6.92 Å². The van der Waals surface area contributed by atoms with Gasteiger partial charge < -0.3 is 5.32 Å². The van der Waals surface area contributed by atoms with Crippen LogP contribution in [0.4, 0.5) is 10.1 Å². The Balaban J connectivity index is 1.83. The number of halogens is 1. The molecule has 1 amide bonds. The van der Waals surface area contributed by atoms with Crippen LogP contribution in [0.15, 0.2) is 24.3 Å². The number of piperidine rings is 1. The molecule has 1 fully saturated rings. The molecule has 98 valence electrons. The summed E-state index contributed by atoms with van der Waals surface area (Å²) in [6.45, 7) is 3.46. The minimum atomic E-state index is -0.786. The van der Waals surface area contributed by atoms with E-state index in [-0.39, 0.29) is 12.5 Å². The maximum Gasteiger partial charge on any atom is 0.238 e. The first-order valence-electron chi connectivity index (χ1n) is 6.36. The summed E-state index contributed by atoms with van der Waals surface area (Å²) in [5.74, 6) is -0.0760. The molecule has 1 aliphatic heterocycles. The Labute approximate surface area is 107 Å². The minimum Gasteiger partial charge on any atom is -0.325 e. The fourth-order valence-corrected chi connectivity index (χ4v) is 2.18. The molecule has 3 nitrogen and oxygen atoms in total. The highest BCUT2D eigenvalue weighted by atomic mass is 19.1. The molecule has 1 atom stereocenters. The van der Waals surface area contributed by atoms with Gasteiger partial charge in [-0.25, -0.2) is 4.39 Å². The van der Waals surface area contributed by atoms with Gasteiger partial charge in [0, 0.05) is 12.2 Å². The van der Waals surface area contributed by atoms with E-state index in [0.29, 0.717) is 13.0 Å². The average Bonchev–Trinajstić information content (AvgIpc) is 2.32. The van der Waals surface area contributed by atoms with Crippen LogP contribution < -0.4 is 5.32 Å². The summed E-state index contributed by atoms with van der Waals surface area (Å²) < 4.78 is 13.2. The van der Waals surface area contributed by atoms with Crippen molar-refractivity contribution in [2.45, 2.75) is 25.9 Å². The third-order valence-corrected chi connectivity index (χ3v) is 3.15. The first-order chi connectivity index (χ1) is 8.63. The molecule has 1 N–H and O–H groups in total. The number of rotatable bonds is 3. The summed E-state index contributed by atoms with van der Waals surface area (Å²) in [5, 5.41) is 2.83. The van der Waals surface area contributed by atoms with Crippen LogP contribution in [0.2, 0.25) is 0 Å². The third-order valence-electron chi connectivity index (χ3n) is 3.15. The lowest BCUT2D eigenvalue weighted by Gasteiger charge is -2.28. The average molecular weight is 250 g/mol. The number of likely N-dealkylation sites (tertiary alicyclic amines) is 1. The molecule has 0 bridgehead atoms. The third kappa shape index (κ3) is 3.81. The van der Waals surface area contributed by atoms with Crippen LogP contribution in [0.25, 0.3) is 0 Å². The van der Waals surface area contributed by atoms with E-state index in [0.717, 1.165) is 24.2 Å². The molecule has 0 radical (unpaired) electrons. The zero-order valence-corrected chi connectivity index (χ0v) is 10.7. The Morgan fingerprint density at radius 3 is 2.83 bits per heavy atom. The van der Waals surface area contributed by atoms with Crippen molar-refractivity contribution in [1.29, 1.82) is 0 Å². The van der Waals surface area contributed by atoms with Crippen LogP contribution in [0.3, 0.4) is 0 Å². The number of carbonyl (C=O) groups excluding carboxylic acids is 1. The first kappa shape index (κ1) is 13.0. The molecule has 18 heavy (non-hydrogen) atoms. The zero-order chi connectivity index (χ0) is 13.0. The lowest BCUT2D eigenvalue weighted by molar-refractivity contribution is -0.117. The van der Waals surface area contributed by atoms with Crippen molar-refractivity contribution >= 4 is 11.6 Å². The van der Waals surface area contributed by atoms with Gasteiger partial charge >= 0.3 is 0 Å². The SMILES string of the molecule is Cc1ccc(NC(=O)CN2CCCC(F)C2)cc1. The number of nitrogens with one attached hydrogen (secondary N) is 1. The van der Waals surface area contributed by atoms with E-state index in [1.807, 2.05) is 36.1 Å². The maximum atomic E-state index is 13.2. The van der Waals surface area contributed by atoms with Crippen molar-refractivity contribution in [2.24, 2.45) is 0 Å². The van der Waals surface area contributed by atoms with Crippen molar-refractivity contribution in [3.8, 4) is 0 Å². The van der Waals surface area contributed by atoms with Gasteiger partial charge in [0.05, 0.1) is 6.54 Å². The summed E-state index contributed by atoms with van der Waals surface area (Å²) in [4.78, 5) is 13.7.